The Labute approximate surface area is 138 Å². The topological polar surface area (TPSA) is 24.5 Å². The van der Waals surface area contributed by atoms with Gasteiger partial charge >= 0.3 is 0 Å². The molecule has 0 aromatic rings. The molecule has 1 saturated heterocycles. The molecular formula is C19H36N2O. The molecule has 128 valence electrons. The maximum Gasteiger partial charge on any atom is 0.0594 e. The Morgan fingerprint density at radius 2 is 1.95 bits per heavy atom. The van der Waals surface area contributed by atoms with E-state index in [0.29, 0.717) is 6.04 Å². The number of nitrogens with one attached hydrogen (secondary N) is 1. The van der Waals surface area contributed by atoms with Crippen LogP contribution in [0.1, 0.15) is 40.5 Å². The average molecular weight is 309 g/mol. The summed E-state index contributed by atoms with van der Waals surface area (Å²) in [4.78, 5) is 2.49. The lowest BCUT2D eigenvalue weighted by Crippen LogP contribution is -2.44. The van der Waals surface area contributed by atoms with E-state index in [0.717, 1.165) is 45.7 Å². The number of hydrogen-bond acceptors (Lipinski definition) is 3. The average Bonchev–Trinajstić information content (AvgIpc) is 2.59. The normalized spacial score (nSPS) is 18.4. The first-order valence-corrected chi connectivity index (χ1v) is 8.63. The molecule has 1 N–H and O–H groups in total. The summed E-state index contributed by atoms with van der Waals surface area (Å²) in [6.45, 7) is 17.0. The summed E-state index contributed by atoms with van der Waals surface area (Å²) in [6.07, 6.45) is 8.61. The Morgan fingerprint density at radius 3 is 2.45 bits per heavy atom. The predicted molar refractivity (Wildman–Crippen MR) is 98.4 cm³/mol. The molecule has 3 heteroatoms. The van der Waals surface area contributed by atoms with Gasteiger partial charge in [0, 0.05) is 25.7 Å². The third-order valence-corrected chi connectivity index (χ3v) is 3.88. The summed E-state index contributed by atoms with van der Waals surface area (Å²) in [5.41, 5.74) is 2.62. The van der Waals surface area contributed by atoms with E-state index >= 15 is 0 Å². The van der Waals surface area contributed by atoms with Crippen molar-refractivity contribution in [2.24, 2.45) is 0 Å². The summed E-state index contributed by atoms with van der Waals surface area (Å²) >= 11 is 0. The SMILES string of the molecule is C=C/C(C)=C\C(=C/C)CCC(CN1CCOCC1)NC.CC. The summed E-state index contributed by atoms with van der Waals surface area (Å²) in [6, 6.07) is 0.542. The number of ether oxygens (including phenoxy) is 1. The van der Waals surface area contributed by atoms with Crippen molar-refractivity contribution in [3.05, 3.63) is 36.0 Å². The number of likely N-dealkylation sites (N-methyl/N-ethyl adjacent to an activating group) is 1. The van der Waals surface area contributed by atoms with Gasteiger partial charge in [-0.15, -0.1) is 0 Å². The highest BCUT2D eigenvalue weighted by atomic mass is 16.5. The third-order valence-electron chi connectivity index (χ3n) is 3.88. The van der Waals surface area contributed by atoms with Crippen molar-refractivity contribution < 1.29 is 4.74 Å². The Hall–Kier alpha value is -0.900. The van der Waals surface area contributed by atoms with Gasteiger partial charge in [0.25, 0.3) is 0 Å². The molecule has 1 atom stereocenters. The zero-order valence-corrected chi connectivity index (χ0v) is 15.3. The van der Waals surface area contributed by atoms with Crippen LogP contribution in [0, 0.1) is 0 Å². The van der Waals surface area contributed by atoms with E-state index in [9.17, 15) is 0 Å². The molecule has 3 nitrogen and oxygen atoms in total. The summed E-state index contributed by atoms with van der Waals surface area (Å²) < 4.78 is 5.40. The summed E-state index contributed by atoms with van der Waals surface area (Å²) in [5, 5.41) is 3.45. The van der Waals surface area contributed by atoms with Crippen molar-refractivity contribution in [3.63, 3.8) is 0 Å². The van der Waals surface area contributed by atoms with E-state index in [4.69, 9.17) is 4.74 Å². The third kappa shape index (κ3) is 9.19. The minimum Gasteiger partial charge on any atom is -0.379 e. The van der Waals surface area contributed by atoms with Crippen LogP contribution in [0.4, 0.5) is 0 Å². The van der Waals surface area contributed by atoms with Gasteiger partial charge < -0.3 is 10.1 Å². The van der Waals surface area contributed by atoms with Crippen LogP contribution in [-0.4, -0.2) is 50.8 Å². The maximum atomic E-state index is 5.40. The number of morpholine rings is 1. The highest BCUT2D eigenvalue weighted by Gasteiger charge is 2.15. The first kappa shape index (κ1) is 21.1. The summed E-state index contributed by atoms with van der Waals surface area (Å²) in [5.74, 6) is 0. The highest BCUT2D eigenvalue weighted by molar-refractivity contribution is 5.27. The van der Waals surface area contributed by atoms with Gasteiger partial charge in [0.05, 0.1) is 13.2 Å². The van der Waals surface area contributed by atoms with Crippen LogP contribution in [0.5, 0.6) is 0 Å². The van der Waals surface area contributed by atoms with Crippen molar-refractivity contribution >= 4 is 0 Å². The van der Waals surface area contributed by atoms with Crippen molar-refractivity contribution in [2.75, 3.05) is 39.9 Å². The van der Waals surface area contributed by atoms with E-state index in [1.807, 2.05) is 19.9 Å². The smallest absolute Gasteiger partial charge is 0.0594 e. The molecule has 0 amide bonds. The second-order valence-electron chi connectivity index (χ2n) is 5.39. The zero-order valence-electron chi connectivity index (χ0n) is 15.3. The fraction of sp³-hybridized carbons (Fsp3) is 0.684. The molecule has 1 aliphatic heterocycles. The fourth-order valence-corrected chi connectivity index (χ4v) is 2.41. The zero-order chi connectivity index (χ0) is 16.8. The molecule has 0 bridgehead atoms. The van der Waals surface area contributed by atoms with Crippen molar-refractivity contribution in [3.8, 4) is 0 Å². The van der Waals surface area contributed by atoms with Crippen LogP contribution < -0.4 is 5.32 Å². The van der Waals surface area contributed by atoms with E-state index in [-0.39, 0.29) is 0 Å². The van der Waals surface area contributed by atoms with Crippen molar-refractivity contribution in [1.29, 1.82) is 0 Å². The van der Waals surface area contributed by atoms with E-state index in [1.54, 1.807) is 0 Å². The van der Waals surface area contributed by atoms with Gasteiger partial charge in [-0.3, -0.25) is 4.90 Å². The number of allylic oxidation sites excluding steroid dienone is 5. The molecule has 22 heavy (non-hydrogen) atoms. The first-order valence-electron chi connectivity index (χ1n) is 8.63. The second kappa shape index (κ2) is 13.7. The van der Waals surface area contributed by atoms with Gasteiger partial charge in [0.15, 0.2) is 0 Å². The maximum absolute atomic E-state index is 5.40. The monoisotopic (exact) mass is 308 g/mol. The van der Waals surface area contributed by atoms with E-state index < -0.39 is 0 Å². The molecule has 1 heterocycles. The van der Waals surface area contributed by atoms with Gasteiger partial charge in [-0.25, -0.2) is 0 Å². The lowest BCUT2D eigenvalue weighted by Gasteiger charge is -2.30. The van der Waals surface area contributed by atoms with Crippen molar-refractivity contribution in [1.82, 2.24) is 10.2 Å². The van der Waals surface area contributed by atoms with Crippen LogP contribution in [0.15, 0.2) is 36.0 Å². The molecule has 0 aromatic heterocycles. The molecule has 0 aliphatic carbocycles. The molecular weight excluding hydrogens is 272 g/mol. The number of hydrogen-bond donors (Lipinski definition) is 1. The van der Waals surface area contributed by atoms with Gasteiger partial charge in [-0.1, -0.05) is 49.8 Å². The quantitative estimate of drug-likeness (QED) is 0.690. The van der Waals surface area contributed by atoms with Gasteiger partial charge in [-0.2, -0.15) is 0 Å². The molecule has 0 aromatic carbocycles. The standard InChI is InChI=1S/C17H30N2O.C2H6/c1-5-15(3)13-16(6-2)7-8-17(18-4)14-19-9-11-20-12-10-19;1-2/h5-6,13,17-18H,1,7-12,14H2,2-4H3;1-2H3/b15-13-,16-6-;. The van der Waals surface area contributed by atoms with Crippen LogP contribution in [0.3, 0.4) is 0 Å². The fourth-order valence-electron chi connectivity index (χ4n) is 2.41. The lowest BCUT2D eigenvalue weighted by molar-refractivity contribution is 0.0335. The van der Waals surface area contributed by atoms with Gasteiger partial charge in [-0.05, 0) is 33.7 Å². The number of nitrogens with zero attached hydrogens (tertiary/aromatic N) is 1. The Balaban J connectivity index is 0.00000211. The van der Waals surface area contributed by atoms with Crippen LogP contribution in [0.2, 0.25) is 0 Å². The molecule has 1 unspecified atom stereocenters. The highest BCUT2D eigenvalue weighted by Crippen LogP contribution is 2.13. The van der Waals surface area contributed by atoms with Gasteiger partial charge in [0.2, 0.25) is 0 Å². The van der Waals surface area contributed by atoms with Crippen LogP contribution in [-0.2, 0) is 4.74 Å². The Kier molecular flexibility index (Phi) is 13.2. The minimum atomic E-state index is 0.542. The summed E-state index contributed by atoms with van der Waals surface area (Å²) in [7, 11) is 2.06. The van der Waals surface area contributed by atoms with E-state index in [2.05, 4.69) is 49.8 Å². The largest absolute Gasteiger partial charge is 0.379 e. The predicted octanol–water partition coefficient (Wildman–Crippen LogP) is 3.79. The molecule has 1 fully saturated rings. The van der Waals surface area contributed by atoms with Gasteiger partial charge in [0.1, 0.15) is 0 Å². The molecule has 1 aliphatic rings. The molecule has 0 saturated carbocycles. The molecule has 0 radical (unpaired) electrons. The second-order valence-corrected chi connectivity index (χ2v) is 5.39. The molecule has 1 rings (SSSR count). The lowest BCUT2D eigenvalue weighted by atomic mass is 10.0. The van der Waals surface area contributed by atoms with Crippen LogP contribution in [0.25, 0.3) is 0 Å². The Bertz CT molecular complexity index is 341. The van der Waals surface area contributed by atoms with E-state index in [1.165, 1.54) is 11.1 Å². The molecule has 0 spiro atoms. The van der Waals surface area contributed by atoms with Crippen LogP contribution >= 0.6 is 0 Å². The Morgan fingerprint density at radius 1 is 1.32 bits per heavy atom. The first-order chi connectivity index (χ1) is 10.7. The minimum absolute atomic E-state index is 0.542. The van der Waals surface area contributed by atoms with Crippen molar-refractivity contribution in [2.45, 2.75) is 46.6 Å². The number of rotatable bonds is 8.